The van der Waals surface area contributed by atoms with Gasteiger partial charge in [0.2, 0.25) is 0 Å². The minimum atomic E-state index is -0.0787. The van der Waals surface area contributed by atoms with Crippen molar-refractivity contribution in [1.29, 1.82) is 5.26 Å². The first-order valence-corrected chi connectivity index (χ1v) is 1.94. The topological polar surface area (TPSA) is 33.0 Å². The summed E-state index contributed by atoms with van der Waals surface area (Å²) in [5, 5.41) is 8.01. The fourth-order valence-electron chi connectivity index (χ4n) is 0.338. The molecule has 0 N–H and O–H groups in total. The predicted molar refractivity (Wildman–Crippen MR) is 20.0 cm³/mol. The van der Waals surface area contributed by atoms with Crippen molar-refractivity contribution in [3.8, 4) is 6.07 Å². The molecule has 0 aromatic rings. The maximum atomic E-state index is 8.01. The van der Waals surface area contributed by atoms with Crippen molar-refractivity contribution in [3.05, 3.63) is 0 Å². The van der Waals surface area contributed by atoms with Crippen molar-refractivity contribution in [2.75, 3.05) is 6.61 Å². The Bertz CT molecular complexity index is 80.0. The zero-order chi connectivity index (χ0) is 4.41. The fraction of sp³-hybridized carbons (Fsp3) is 0.750. The van der Waals surface area contributed by atoms with Gasteiger partial charge in [-0.15, -0.1) is 0 Å². The van der Waals surface area contributed by atoms with Crippen LogP contribution in [-0.2, 0) is 4.74 Å². The van der Waals surface area contributed by atoms with E-state index >= 15 is 0 Å². The van der Waals surface area contributed by atoms with Crippen LogP contribution in [0, 0.1) is 11.3 Å². The lowest BCUT2D eigenvalue weighted by molar-refractivity contribution is -0.0135. The minimum Gasteiger partial charge on any atom is -0.363 e. The van der Waals surface area contributed by atoms with Crippen LogP contribution in [0.2, 0.25) is 0 Å². The highest BCUT2D eigenvalue weighted by atomic mass is 16.5. The van der Waals surface area contributed by atoms with Crippen LogP contribution in [0.5, 0.6) is 0 Å². The van der Waals surface area contributed by atoms with Crippen molar-refractivity contribution >= 4 is 0 Å². The highest BCUT2D eigenvalue weighted by Crippen LogP contribution is 2.07. The third-order valence-corrected chi connectivity index (χ3v) is 0.843. The zero-order valence-corrected chi connectivity index (χ0v) is 3.35. The Morgan fingerprint density at radius 2 is 2.50 bits per heavy atom. The number of hydrogen-bond donors (Lipinski definition) is 0. The average molecular weight is 83.1 g/mol. The van der Waals surface area contributed by atoms with Crippen LogP contribution in [0.1, 0.15) is 6.42 Å². The molecule has 0 aromatic heterocycles. The summed E-state index contributed by atoms with van der Waals surface area (Å²) >= 11 is 0. The van der Waals surface area contributed by atoms with Crippen molar-refractivity contribution in [2.24, 2.45) is 0 Å². The van der Waals surface area contributed by atoms with Crippen molar-refractivity contribution in [2.45, 2.75) is 12.5 Å². The van der Waals surface area contributed by atoms with Crippen LogP contribution in [0.25, 0.3) is 0 Å². The third-order valence-electron chi connectivity index (χ3n) is 0.843. The molecule has 1 rings (SSSR count). The van der Waals surface area contributed by atoms with E-state index in [1.54, 1.807) is 0 Å². The lowest BCUT2D eigenvalue weighted by Crippen LogP contribution is -2.24. The molecular formula is C4H5NO. The van der Waals surface area contributed by atoms with Crippen LogP contribution < -0.4 is 0 Å². The Kier molecular flexibility index (Phi) is 0.771. The Morgan fingerprint density at radius 3 is 2.50 bits per heavy atom. The second kappa shape index (κ2) is 1.27. The average Bonchev–Trinajstić information content (AvgIpc) is 1.31. The number of rotatable bonds is 0. The number of ether oxygens (including phenoxy) is 1. The molecule has 0 saturated carbocycles. The summed E-state index contributed by atoms with van der Waals surface area (Å²) in [5.74, 6) is 0. The smallest absolute Gasteiger partial charge is 0.146 e. The number of nitrogens with zero attached hydrogens (tertiary/aromatic N) is 1. The second-order valence-electron chi connectivity index (χ2n) is 1.28. The van der Waals surface area contributed by atoms with Gasteiger partial charge in [0.25, 0.3) is 0 Å². The van der Waals surface area contributed by atoms with E-state index in [1.807, 2.05) is 6.07 Å². The Hall–Kier alpha value is -0.550. The van der Waals surface area contributed by atoms with Crippen LogP contribution in [0.15, 0.2) is 0 Å². The van der Waals surface area contributed by atoms with Gasteiger partial charge < -0.3 is 4.74 Å². The molecule has 1 fully saturated rings. The van der Waals surface area contributed by atoms with Gasteiger partial charge in [0.1, 0.15) is 6.10 Å². The molecule has 1 aliphatic heterocycles. The quantitative estimate of drug-likeness (QED) is 0.422. The fourth-order valence-corrected chi connectivity index (χ4v) is 0.338. The van der Waals surface area contributed by atoms with Gasteiger partial charge in [-0.3, -0.25) is 0 Å². The van der Waals surface area contributed by atoms with Gasteiger partial charge in [0.05, 0.1) is 12.7 Å². The van der Waals surface area contributed by atoms with E-state index in [-0.39, 0.29) is 6.10 Å². The molecule has 1 saturated heterocycles. The molecule has 6 heavy (non-hydrogen) atoms. The molecule has 1 heterocycles. The molecule has 0 aromatic carbocycles. The Labute approximate surface area is 36.3 Å². The normalized spacial score (nSPS) is 30.8. The largest absolute Gasteiger partial charge is 0.363 e. The van der Waals surface area contributed by atoms with E-state index in [4.69, 9.17) is 10.00 Å². The SMILES string of the molecule is N#C[C@@H]1CCO1. The monoisotopic (exact) mass is 83.0 g/mol. The van der Waals surface area contributed by atoms with E-state index in [9.17, 15) is 0 Å². The van der Waals surface area contributed by atoms with Gasteiger partial charge in [-0.05, 0) is 0 Å². The standard InChI is InChI=1S/C4H5NO/c5-3-4-1-2-6-4/h4H,1-2H2/t4-/m0/s1. The molecule has 0 bridgehead atoms. The molecule has 0 aliphatic carbocycles. The molecule has 0 amide bonds. The Balaban J connectivity index is 2.22. The number of hydrogen-bond acceptors (Lipinski definition) is 2. The van der Waals surface area contributed by atoms with Gasteiger partial charge in [0.15, 0.2) is 0 Å². The van der Waals surface area contributed by atoms with E-state index < -0.39 is 0 Å². The molecule has 0 radical (unpaired) electrons. The van der Waals surface area contributed by atoms with E-state index in [0.717, 1.165) is 13.0 Å². The molecule has 1 atom stereocenters. The minimum absolute atomic E-state index is 0.0787. The van der Waals surface area contributed by atoms with Gasteiger partial charge in [-0.2, -0.15) is 5.26 Å². The van der Waals surface area contributed by atoms with Crippen molar-refractivity contribution in [3.63, 3.8) is 0 Å². The van der Waals surface area contributed by atoms with Crippen LogP contribution in [0.4, 0.5) is 0 Å². The molecule has 2 heteroatoms. The Morgan fingerprint density at radius 1 is 1.83 bits per heavy atom. The first-order chi connectivity index (χ1) is 2.93. The summed E-state index contributed by atoms with van der Waals surface area (Å²) in [4.78, 5) is 0. The molecule has 0 spiro atoms. The summed E-state index contributed by atoms with van der Waals surface area (Å²) in [6, 6.07) is 1.98. The summed E-state index contributed by atoms with van der Waals surface area (Å²) < 4.78 is 4.72. The lowest BCUT2D eigenvalue weighted by atomic mass is 10.2. The van der Waals surface area contributed by atoms with Gasteiger partial charge in [-0.25, -0.2) is 0 Å². The maximum Gasteiger partial charge on any atom is 0.146 e. The van der Waals surface area contributed by atoms with E-state index in [1.165, 1.54) is 0 Å². The highest BCUT2D eigenvalue weighted by molar-refractivity contribution is 4.88. The third kappa shape index (κ3) is 0.373. The van der Waals surface area contributed by atoms with E-state index in [2.05, 4.69) is 0 Å². The summed E-state index contributed by atoms with van der Waals surface area (Å²) in [5.41, 5.74) is 0. The van der Waals surface area contributed by atoms with Gasteiger partial charge in [0, 0.05) is 6.42 Å². The van der Waals surface area contributed by atoms with Crippen LogP contribution in [0.3, 0.4) is 0 Å². The maximum absolute atomic E-state index is 8.01. The first-order valence-electron chi connectivity index (χ1n) is 1.94. The molecule has 2 nitrogen and oxygen atoms in total. The van der Waals surface area contributed by atoms with Gasteiger partial charge in [-0.1, -0.05) is 0 Å². The highest BCUT2D eigenvalue weighted by Gasteiger charge is 2.15. The van der Waals surface area contributed by atoms with Crippen LogP contribution >= 0.6 is 0 Å². The number of nitriles is 1. The van der Waals surface area contributed by atoms with Crippen molar-refractivity contribution < 1.29 is 4.74 Å². The summed E-state index contributed by atoms with van der Waals surface area (Å²) in [6.45, 7) is 0.776. The van der Waals surface area contributed by atoms with Crippen molar-refractivity contribution in [1.82, 2.24) is 0 Å². The molecular weight excluding hydrogens is 78.0 g/mol. The van der Waals surface area contributed by atoms with Gasteiger partial charge >= 0.3 is 0 Å². The first kappa shape index (κ1) is 3.63. The van der Waals surface area contributed by atoms with Crippen LogP contribution in [-0.4, -0.2) is 12.7 Å². The molecule has 1 aliphatic rings. The summed E-state index contributed by atoms with van der Waals surface area (Å²) in [7, 11) is 0. The molecule has 0 unspecified atom stereocenters. The second-order valence-corrected chi connectivity index (χ2v) is 1.28. The molecule has 32 valence electrons. The predicted octanol–water partition coefficient (Wildman–Crippen LogP) is 0.299. The summed E-state index contributed by atoms with van der Waals surface area (Å²) in [6.07, 6.45) is 0.848. The van der Waals surface area contributed by atoms with E-state index in [0.29, 0.717) is 0 Å². The zero-order valence-electron chi connectivity index (χ0n) is 3.35. The lowest BCUT2D eigenvalue weighted by Gasteiger charge is -2.17.